The number of nitrogens with zero attached hydrogens (tertiary/aromatic N) is 3. The highest BCUT2D eigenvalue weighted by molar-refractivity contribution is 5.92. The third-order valence-electron chi connectivity index (χ3n) is 2.58. The van der Waals surface area contributed by atoms with Gasteiger partial charge in [-0.25, -0.2) is 0 Å². The molecule has 1 N–H and O–H groups in total. The van der Waals surface area contributed by atoms with Gasteiger partial charge in [-0.1, -0.05) is 19.8 Å². The summed E-state index contributed by atoms with van der Waals surface area (Å²) in [5, 5.41) is 10.6. The maximum atomic E-state index is 11.9. The zero-order valence-corrected chi connectivity index (χ0v) is 10.7. The number of anilines is 1. The molecule has 1 rings (SSSR count). The molecule has 0 fully saturated rings. The highest BCUT2D eigenvalue weighted by Gasteiger charge is 2.12. The summed E-state index contributed by atoms with van der Waals surface area (Å²) in [5.41, 5.74) is 0.392. The van der Waals surface area contributed by atoms with Crippen LogP contribution in [0.25, 0.3) is 0 Å². The quantitative estimate of drug-likeness (QED) is 0.765. The molecular formula is C12H20N4O. The molecule has 0 bridgehead atoms. The van der Waals surface area contributed by atoms with E-state index in [0.717, 1.165) is 25.8 Å². The minimum absolute atomic E-state index is 0.0729. The fourth-order valence-corrected chi connectivity index (χ4v) is 1.48. The number of carbonyl (C=O) groups is 1. The van der Waals surface area contributed by atoms with Crippen molar-refractivity contribution in [3.63, 3.8) is 0 Å². The standard InChI is InChI=1S/C12H20N4O/c1-4-5-6-9-16(3)12(17)10-7-8-11(13-2)15-14-10/h7-8H,4-6,9H2,1-3H3,(H,13,15). The molecule has 0 aliphatic heterocycles. The van der Waals surface area contributed by atoms with Crippen molar-refractivity contribution in [1.29, 1.82) is 0 Å². The number of unbranched alkanes of at least 4 members (excludes halogenated alkanes) is 2. The normalized spacial score (nSPS) is 10.1. The molecule has 1 aromatic rings. The van der Waals surface area contributed by atoms with E-state index in [4.69, 9.17) is 0 Å². The van der Waals surface area contributed by atoms with E-state index in [1.807, 2.05) is 0 Å². The lowest BCUT2D eigenvalue weighted by molar-refractivity contribution is 0.0786. The van der Waals surface area contributed by atoms with Gasteiger partial charge in [-0.3, -0.25) is 4.79 Å². The van der Waals surface area contributed by atoms with E-state index in [1.165, 1.54) is 0 Å². The summed E-state index contributed by atoms with van der Waals surface area (Å²) in [6.07, 6.45) is 3.32. The number of rotatable bonds is 6. The molecule has 1 aromatic heterocycles. The third kappa shape index (κ3) is 4.01. The van der Waals surface area contributed by atoms with E-state index in [1.54, 1.807) is 31.1 Å². The zero-order valence-electron chi connectivity index (χ0n) is 10.7. The van der Waals surface area contributed by atoms with Gasteiger partial charge in [0.15, 0.2) is 5.69 Å². The van der Waals surface area contributed by atoms with E-state index in [0.29, 0.717) is 11.5 Å². The second kappa shape index (κ2) is 6.83. The van der Waals surface area contributed by atoms with Gasteiger partial charge in [-0.05, 0) is 18.6 Å². The molecule has 5 heteroatoms. The first-order chi connectivity index (χ1) is 8.19. The van der Waals surface area contributed by atoms with Crippen LogP contribution in [0.3, 0.4) is 0 Å². The predicted molar refractivity (Wildman–Crippen MR) is 68.1 cm³/mol. The van der Waals surface area contributed by atoms with E-state index in [9.17, 15) is 4.79 Å². The van der Waals surface area contributed by atoms with Gasteiger partial charge in [0.25, 0.3) is 5.91 Å². The zero-order chi connectivity index (χ0) is 12.7. The Balaban J connectivity index is 2.55. The highest BCUT2D eigenvalue weighted by Crippen LogP contribution is 2.05. The molecule has 0 radical (unpaired) electrons. The van der Waals surface area contributed by atoms with Gasteiger partial charge in [0.1, 0.15) is 5.82 Å². The minimum Gasteiger partial charge on any atom is -0.372 e. The minimum atomic E-state index is -0.0729. The van der Waals surface area contributed by atoms with Crippen LogP contribution in [-0.2, 0) is 0 Å². The fraction of sp³-hybridized carbons (Fsp3) is 0.583. The van der Waals surface area contributed by atoms with Gasteiger partial charge in [0.2, 0.25) is 0 Å². The Kier molecular flexibility index (Phi) is 5.39. The first-order valence-corrected chi connectivity index (χ1v) is 5.96. The summed E-state index contributed by atoms with van der Waals surface area (Å²) in [7, 11) is 3.56. The summed E-state index contributed by atoms with van der Waals surface area (Å²) in [6.45, 7) is 2.91. The molecular weight excluding hydrogens is 216 g/mol. The third-order valence-corrected chi connectivity index (χ3v) is 2.58. The van der Waals surface area contributed by atoms with Gasteiger partial charge in [-0.2, -0.15) is 0 Å². The molecule has 0 aromatic carbocycles. The van der Waals surface area contributed by atoms with Gasteiger partial charge in [-0.15, -0.1) is 10.2 Å². The number of hydrogen-bond acceptors (Lipinski definition) is 4. The monoisotopic (exact) mass is 236 g/mol. The number of aromatic nitrogens is 2. The van der Waals surface area contributed by atoms with Crippen molar-refractivity contribution >= 4 is 11.7 Å². The van der Waals surface area contributed by atoms with Gasteiger partial charge >= 0.3 is 0 Å². The second-order valence-corrected chi connectivity index (χ2v) is 3.99. The smallest absolute Gasteiger partial charge is 0.274 e. The summed E-state index contributed by atoms with van der Waals surface area (Å²) in [5.74, 6) is 0.589. The lowest BCUT2D eigenvalue weighted by Gasteiger charge is -2.16. The van der Waals surface area contributed by atoms with Crippen molar-refractivity contribution in [2.45, 2.75) is 26.2 Å². The van der Waals surface area contributed by atoms with Crippen molar-refractivity contribution in [1.82, 2.24) is 15.1 Å². The molecule has 5 nitrogen and oxygen atoms in total. The summed E-state index contributed by atoms with van der Waals surface area (Å²) >= 11 is 0. The molecule has 0 spiro atoms. The van der Waals surface area contributed by atoms with Crippen molar-refractivity contribution in [3.05, 3.63) is 17.8 Å². The van der Waals surface area contributed by atoms with Crippen LogP contribution in [0.5, 0.6) is 0 Å². The molecule has 1 heterocycles. The van der Waals surface area contributed by atoms with Gasteiger partial charge in [0, 0.05) is 20.6 Å². The van der Waals surface area contributed by atoms with Crippen molar-refractivity contribution < 1.29 is 4.79 Å². The van der Waals surface area contributed by atoms with Crippen LogP contribution in [0.15, 0.2) is 12.1 Å². The maximum absolute atomic E-state index is 11.9. The average molecular weight is 236 g/mol. The molecule has 0 saturated carbocycles. The predicted octanol–water partition coefficient (Wildman–Crippen LogP) is 1.78. The lowest BCUT2D eigenvalue weighted by Crippen LogP contribution is -2.28. The van der Waals surface area contributed by atoms with Crippen LogP contribution in [0.4, 0.5) is 5.82 Å². The summed E-state index contributed by atoms with van der Waals surface area (Å²) < 4.78 is 0. The first-order valence-electron chi connectivity index (χ1n) is 5.96. The first kappa shape index (κ1) is 13.4. The fourth-order valence-electron chi connectivity index (χ4n) is 1.48. The summed E-state index contributed by atoms with van der Waals surface area (Å²) in [6, 6.07) is 3.44. The molecule has 0 atom stereocenters. The van der Waals surface area contributed by atoms with Gasteiger partial charge in [0.05, 0.1) is 0 Å². The highest BCUT2D eigenvalue weighted by atomic mass is 16.2. The van der Waals surface area contributed by atoms with Crippen LogP contribution >= 0.6 is 0 Å². The summed E-state index contributed by atoms with van der Waals surface area (Å²) in [4.78, 5) is 13.6. The molecule has 17 heavy (non-hydrogen) atoms. The number of nitrogens with one attached hydrogen (secondary N) is 1. The Morgan fingerprint density at radius 2 is 2.12 bits per heavy atom. The van der Waals surface area contributed by atoms with Crippen molar-refractivity contribution in [2.75, 3.05) is 26.0 Å². The Labute approximate surface area is 102 Å². The second-order valence-electron chi connectivity index (χ2n) is 3.99. The molecule has 1 amide bonds. The molecule has 0 aliphatic carbocycles. The molecule has 0 unspecified atom stereocenters. The van der Waals surface area contributed by atoms with Crippen LogP contribution in [0, 0.1) is 0 Å². The van der Waals surface area contributed by atoms with E-state index in [-0.39, 0.29) is 5.91 Å². The van der Waals surface area contributed by atoms with Crippen LogP contribution in [0.1, 0.15) is 36.7 Å². The topological polar surface area (TPSA) is 58.1 Å². The number of amides is 1. The number of hydrogen-bond donors (Lipinski definition) is 1. The Bertz CT molecular complexity index is 350. The number of carbonyl (C=O) groups excluding carboxylic acids is 1. The Morgan fingerprint density at radius 3 is 2.65 bits per heavy atom. The average Bonchev–Trinajstić information content (AvgIpc) is 2.38. The van der Waals surface area contributed by atoms with Crippen molar-refractivity contribution in [2.24, 2.45) is 0 Å². The van der Waals surface area contributed by atoms with Crippen LogP contribution < -0.4 is 5.32 Å². The maximum Gasteiger partial charge on any atom is 0.274 e. The Morgan fingerprint density at radius 1 is 1.35 bits per heavy atom. The van der Waals surface area contributed by atoms with E-state index < -0.39 is 0 Å². The van der Waals surface area contributed by atoms with Gasteiger partial charge < -0.3 is 10.2 Å². The van der Waals surface area contributed by atoms with E-state index >= 15 is 0 Å². The molecule has 94 valence electrons. The molecule has 0 aliphatic rings. The largest absolute Gasteiger partial charge is 0.372 e. The van der Waals surface area contributed by atoms with Crippen molar-refractivity contribution in [3.8, 4) is 0 Å². The van der Waals surface area contributed by atoms with Crippen LogP contribution in [-0.4, -0.2) is 41.6 Å². The van der Waals surface area contributed by atoms with Crippen LogP contribution in [0.2, 0.25) is 0 Å². The lowest BCUT2D eigenvalue weighted by atomic mass is 10.2. The molecule has 0 saturated heterocycles. The van der Waals surface area contributed by atoms with E-state index in [2.05, 4.69) is 22.4 Å². The SMILES string of the molecule is CCCCCN(C)C(=O)c1ccc(NC)nn1. The Hall–Kier alpha value is -1.65.